The molecular weight excluding hydrogens is 158 g/mol. The van der Waals surface area contributed by atoms with Crippen LogP contribution in [0.4, 0.5) is 0 Å². The summed E-state index contributed by atoms with van der Waals surface area (Å²) in [5.74, 6) is -0.387. The summed E-state index contributed by atoms with van der Waals surface area (Å²) in [6, 6.07) is -0.462. The molecule has 0 saturated carbocycles. The summed E-state index contributed by atoms with van der Waals surface area (Å²) in [5.41, 5.74) is 0. The van der Waals surface area contributed by atoms with Crippen molar-refractivity contribution in [3.8, 4) is 0 Å². The first-order valence-electron chi connectivity index (χ1n) is 3.91. The van der Waals surface area contributed by atoms with Crippen molar-refractivity contribution in [2.24, 2.45) is 0 Å². The van der Waals surface area contributed by atoms with Gasteiger partial charge in [0.25, 0.3) is 0 Å². The van der Waals surface area contributed by atoms with Gasteiger partial charge in [-0.3, -0.25) is 9.59 Å². The summed E-state index contributed by atoms with van der Waals surface area (Å²) >= 11 is 0. The van der Waals surface area contributed by atoms with E-state index in [0.717, 1.165) is 0 Å². The first-order valence-corrected chi connectivity index (χ1v) is 3.91. The fourth-order valence-corrected chi connectivity index (χ4v) is 0.670. The number of rotatable bonds is 4. The zero-order valence-electron chi connectivity index (χ0n) is 7.63. The quantitative estimate of drug-likeness (QED) is 0.621. The van der Waals surface area contributed by atoms with Gasteiger partial charge < -0.3 is 10.4 Å². The second-order valence-electron chi connectivity index (χ2n) is 2.95. The third-order valence-corrected chi connectivity index (χ3v) is 1.47. The molecule has 0 fully saturated rings. The maximum Gasteiger partial charge on any atom is 0.223 e. The average molecular weight is 173 g/mol. The number of aliphatic hydroxyl groups is 1. The molecule has 0 aliphatic rings. The minimum Gasteiger partial charge on any atom is -0.393 e. The molecule has 1 unspecified atom stereocenters. The summed E-state index contributed by atoms with van der Waals surface area (Å²) in [5, 5.41) is 11.3. The van der Waals surface area contributed by atoms with Gasteiger partial charge in [0.15, 0.2) is 5.78 Å². The number of hydrogen-bond donors (Lipinski definition) is 2. The first-order chi connectivity index (χ1) is 5.43. The number of hydrogen-bond acceptors (Lipinski definition) is 3. The lowest BCUT2D eigenvalue weighted by atomic mass is 10.2. The molecule has 0 aliphatic heterocycles. The molecule has 0 aromatic carbocycles. The van der Waals surface area contributed by atoms with Crippen LogP contribution in [0, 0.1) is 0 Å². The van der Waals surface area contributed by atoms with E-state index in [2.05, 4.69) is 5.32 Å². The smallest absolute Gasteiger partial charge is 0.223 e. The van der Waals surface area contributed by atoms with Crippen LogP contribution in [-0.2, 0) is 9.59 Å². The van der Waals surface area contributed by atoms with Crippen molar-refractivity contribution >= 4 is 11.7 Å². The molecule has 0 heterocycles. The lowest BCUT2D eigenvalue weighted by molar-refractivity contribution is -0.127. The van der Waals surface area contributed by atoms with Gasteiger partial charge in [-0.25, -0.2) is 0 Å². The standard InChI is InChI=1S/C8H15NO3/c1-5(10)4-8(12)9-6(2)7(3)11/h5-6,10H,4H2,1-3H3,(H,9,12)/t5?,6-/m0/s1. The Hall–Kier alpha value is -0.900. The van der Waals surface area contributed by atoms with Gasteiger partial charge in [-0.1, -0.05) is 0 Å². The zero-order valence-corrected chi connectivity index (χ0v) is 7.63. The van der Waals surface area contributed by atoms with Crippen LogP contribution < -0.4 is 5.32 Å². The Morgan fingerprint density at radius 3 is 2.25 bits per heavy atom. The van der Waals surface area contributed by atoms with Crippen LogP contribution in [0.5, 0.6) is 0 Å². The van der Waals surface area contributed by atoms with Crippen molar-refractivity contribution in [3.63, 3.8) is 0 Å². The summed E-state index contributed by atoms with van der Waals surface area (Å²) in [6.07, 6.45) is -0.624. The van der Waals surface area contributed by atoms with Crippen LogP contribution in [0.25, 0.3) is 0 Å². The van der Waals surface area contributed by atoms with E-state index < -0.39 is 12.1 Å². The van der Waals surface area contributed by atoms with Crippen molar-refractivity contribution < 1.29 is 14.7 Å². The normalized spacial score (nSPS) is 15.0. The number of amides is 1. The van der Waals surface area contributed by atoms with E-state index in [1.165, 1.54) is 13.8 Å². The van der Waals surface area contributed by atoms with Gasteiger partial charge in [-0.15, -0.1) is 0 Å². The molecule has 70 valence electrons. The van der Waals surface area contributed by atoms with Gasteiger partial charge in [0.1, 0.15) is 0 Å². The molecule has 2 atom stereocenters. The Kier molecular flexibility index (Phi) is 4.51. The number of carbonyl (C=O) groups excluding carboxylic acids is 2. The second kappa shape index (κ2) is 4.87. The lowest BCUT2D eigenvalue weighted by Crippen LogP contribution is -2.38. The maximum absolute atomic E-state index is 10.9. The van der Waals surface area contributed by atoms with Gasteiger partial charge in [-0.2, -0.15) is 0 Å². The van der Waals surface area contributed by atoms with E-state index in [0.29, 0.717) is 0 Å². The highest BCUT2D eigenvalue weighted by atomic mass is 16.3. The third-order valence-electron chi connectivity index (χ3n) is 1.47. The minimum atomic E-state index is -0.663. The van der Waals surface area contributed by atoms with E-state index >= 15 is 0 Å². The maximum atomic E-state index is 10.9. The van der Waals surface area contributed by atoms with Crippen molar-refractivity contribution in [1.82, 2.24) is 5.32 Å². The lowest BCUT2D eigenvalue weighted by Gasteiger charge is -2.10. The molecule has 0 aromatic heterocycles. The van der Waals surface area contributed by atoms with Crippen LogP contribution in [0.2, 0.25) is 0 Å². The number of carbonyl (C=O) groups is 2. The van der Waals surface area contributed by atoms with E-state index in [4.69, 9.17) is 5.11 Å². The molecule has 0 rings (SSSR count). The summed E-state index contributed by atoms with van der Waals surface area (Å²) in [4.78, 5) is 21.6. The highest BCUT2D eigenvalue weighted by molar-refractivity contribution is 5.87. The monoisotopic (exact) mass is 173 g/mol. The second-order valence-corrected chi connectivity index (χ2v) is 2.95. The Balaban J connectivity index is 3.77. The van der Waals surface area contributed by atoms with Crippen molar-refractivity contribution in [1.29, 1.82) is 0 Å². The molecule has 0 spiro atoms. The predicted molar refractivity (Wildman–Crippen MR) is 44.6 cm³/mol. The number of aliphatic hydroxyl groups excluding tert-OH is 1. The van der Waals surface area contributed by atoms with Gasteiger partial charge in [0, 0.05) is 0 Å². The summed E-state index contributed by atoms with van der Waals surface area (Å²) in [7, 11) is 0. The highest BCUT2D eigenvalue weighted by Gasteiger charge is 2.12. The molecule has 0 aliphatic carbocycles. The molecule has 0 bridgehead atoms. The Morgan fingerprint density at radius 2 is 1.92 bits per heavy atom. The Bertz CT molecular complexity index is 177. The fraction of sp³-hybridized carbons (Fsp3) is 0.750. The first kappa shape index (κ1) is 11.1. The SMILES string of the molecule is CC(=O)[C@H](C)NC(=O)CC(C)O. The van der Waals surface area contributed by atoms with Crippen molar-refractivity contribution in [2.75, 3.05) is 0 Å². The van der Waals surface area contributed by atoms with E-state index in [1.54, 1.807) is 6.92 Å². The Labute approximate surface area is 72.0 Å². The van der Waals surface area contributed by atoms with Crippen LogP contribution in [0.15, 0.2) is 0 Å². The number of nitrogens with one attached hydrogen (secondary N) is 1. The van der Waals surface area contributed by atoms with Gasteiger partial charge in [0.2, 0.25) is 5.91 Å². The molecule has 12 heavy (non-hydrogen) atoms. The highest BCUT2D eigenvalue weighted by Crippen LogP contribution is 1.91. The summed E-state index contributed by atoms with van der Waals surface area (Å²) < 4.78 is 0. The predicted octanol–water partition coefficient (Wildman–Crippen LogP) is -0.149. The van der Waals surface area contributed by atoms with Crippen molar-refractivity contribution in [3.05, 3.63) is 0 Å². The molecule has 0 saturated heterocycles. The average Bonchev–Trinajstić information content (AvgIpc) is 1.84. The number of Topliss-reactive ketones (excluding diaryl/α,β-unsaturated/α-hetero) is 1. The Morgan fingerprint density at radius 1 is 1.42 bits per heavy atom. The van der Waals surface area contributed by atoms with Crippen LogP contribution in [0.1, 0.15) is 27.2 Å². The fourth-order valence-electron chi connectivity index (χ4n) is 0.670. The van der Waals surface area contributed by atoms with E-state index in [1.807, 2.05) is 0 Å². The largest absolute Gasteiger partial charge is 0.393 e. The van der Waals surface area contributed by atoms with E-state index in [-0.39, 0.29) is 18.1 Å². The van der Waals surface area contributed by atoms with Crippen molar-refractivity contribution in [2.45, 2.75) is 39.3 Å². The molecule has 0 radical (unpaired) electrons. The van der Waals surface area contributed by atoms with Gasteiger partial charge in [0.05, 0.1) is 18.6 Å². The molecule has 0 aromatic rings. The third kappa shape index (κ3) is 4.85. The minimum absolute atomic E-state index is 0.0393. The molecule has 4 heteroatoms. The van der Waals surface area contributed by atoms with Crippen LogP contribution >= 0.6 is 0 Å². The van der Waals surface area contributed by atoms with Crippen LogP contribution in [-0.4, -0.2) is 28.9 Å². The van der Waals surface area contributed by atoms with Gasteiger partial charge >= 0.3 is 0 Å². The van der Waals surface area contributed by atoms with Crippen LogP contribution in [0.3, 0.4) is 0 Å². The zero-order chi connectivity index (χ0) is 9.72. The van der Waals surface area contributed by atoms with E-state index in [9.17, 15) is 9.59 Å². The molecule has 4 nitrogen and oxygen atoms in total. The molecule has 2 N–H and O–H groups in total. The van der Waals surface area contributed by atoms with Gasteiger partial charge in [-0.05, 0) is 20.8 Å². The molecule has 1 amide bonds. The summed E-state index contributed by atoms with van der Waals surface area (Å²) in [6.45, 7) is 4.55. The topological polar surface area (TPSA) is 66.4 Å². The number of ketones is 1. The molecular formula is C8H15NO3.